The molecule has 0 spiro atoms. The summed E-state index contributed by atoms with van der Waals surface area (Å²) in [7, 11) is 2.20. The molecule has 0 saturated carbocycles. The Morgan fingerprint density at radius 3 is 2.12 bits per heavy atom. The fourth-order valence-corrected chi connectivity index (χ4v) is 2.88. The first-order chi connectivity index (χ1) is 11.9. The van der Waals surface area contributed by atoms with Gasteiger partial charge in [0.25, 0.3) is 0 Å². The van der Waals surface area contributed by atoms with Crippen molar-refractivity contribution < 1.29 is 9.90 Å². The minimum Gasteiger partial charge on any atom is -0.481 e. The Labute approximate surface area is 153 Å². The molecule has 2 N–H and O–H groups in total. The zero-order chi connectivity index (χ0) is 18.7. The maximum absolute atomic E-state index is 10.5. The Balaban J connectivity index is 0.000000197. The van der Waals surface area contributed by atoms with E-state index < -0.39 is 11.9 Å². The number of carboxylic acid groups (broad SMARTS) is 1. The summed E-state index contributed by atoms with van der Waals surface area (Å²) in [4.78, 5) is 12.9. The van der Waals surface area contributed by atoms with E-state index in [-0.39, 0.29) is 0 Å². The number of piperidine rings is 1. The SMILES string of the molecule is CC(C(=O)O)c1ccccc1.CC1CCN(C)CC1.C[C@@H]1CCCN1. The summed E-state index contributed by atoms with van der Waals surface area (Å²) in [6, 6.07) is 9.99. The summed E-state index contributed by atoms with van der Waals surface area (Å²) in [5.74, 6) is -0.210. The molecule has 2 fully saturated rings. The van der Waals surface area contributed by atoms with E-state index in [0.29, 0.717) is 0 Å². The molecule has 4 heteroatoms. The van der Waals surface area contributed by atoms with Crippen LogP contribution in [0.4, 0.5) is 0 Å². The van der Waals surface area contributed by atoms with Gasteiger partial charge in [-0.15, -0.1) is 0 Å². The highest BCUT2D eigenvalue weighted by atomic mass is 16.4. The van der Waals surface area contributed by atoms with E-state index in [0.717, 1.165) is 17.5 Å². The third-order valence-corrected chi connectivity index (χ3v) is 4.98. The predicted molar refractivity (Wildman–Crippen MR) is 105 cm³/mol. The minimum absolute atomic E-state index is 0.406. The average Bonchev–Trinajstić information content (AvgIpc) is 3.10. The van der Waals surface area contributed by atoms with Gasteiger partial charge < -0.3 is 15.3 Å². The summed E-state index contributed by atoms with van der Waals surface area (Å²) in [6.07, 6.45) is 5.55. The van der Waals surface area contributed by atoms with Crippen LogP contribution in [-0.2, 0) is 4.79 Å². The van der Waals surface area contributed by atoms with Gasteiger partial charge in [0.1, 0.15) is 0 Å². The van der Waals surface area contributed by atoms with Crippen LogP contribution in [0.25, 0.3) is 0 Å². The average molecular weight is 349 g/mol. The van der Waals surface area contributed by atoms with E-state index in [2.05, 4.69) is 31.1 Å². The van der Waals surface area contributed by atoms with Gasteiger partial charge in [-0.2, -0.15) is 0 Å². The number of likely N-dealkylation sites (tertiary alicyclic amines) is 1. The van der Waals surface area contributed by atoms with Gasteiger partial charge in [-0.3, -0.25) is 4.79 Å². The summed E-state index contributed by atoms with van der Waals surface area (Å²) in [5.41, 5.74) is 0.847. The largest absolute Gasteiger partial charge is 0.481 e. The fourth-order valence-electron chi connectivity index (χ4n) is 2.88. The highest BCUT2D eigenvalue weighted by Crippen LogP contribution is 2.14. The van der Waals surface area contributed by atoms with Crippen LogP contribution in [0.15, 0.2) is 30.3 Å². The number of nitrogens with zero attached hydrogens (tertiary/aromatic N) is 1. The fraction of sp³-hybridized carbons (Fsp3) is 0.667. The molecule has 0 radical (unpaired) electrons. The molecule has 2 aliphatic rings. The molecule has 1 aromatic rings. The van der Waals surface area contributed by atoms with Crippen LogP contribution in [-0.4, -0.2) is 48.7 Å². The molecule has 0 bridgehead atoms. The number of benzene rings is 1. The maximum Gasteiger partial charge on any atom is 0.310 e. The second kappa shape index (κ2) is 12.0. The summed E-state index contributed by atoms with van der Waals surface area (Å²) in [6.45, 7) is 10.1. The van der Waals surface area contributed by atoms with Crippen molar-refractivity contribution in [2.75, 3.05) is 26.7 Å². The second-order valence-corrected chi connectivity index (χ2v) is 7.45. The number of nitrogens with one attached hydrogen (secondary N) is 1. The lowest BCUT2D eigenvalue weighted by molar-refractivity contribution is -0.138. The Kier molecular flexibility index (Phi) is 10.4. The van der Waals surface area contributed by atoms with Gasteiger partial charge in [0.2, 0.25) is 0 Å². The van der Waals surface area contributed by atoms with E-state index in [1.807, 2.05) is 30.3 Å². The molecule has 2 atom stereocenters. The lowest BCUT2D eigenvalue weighted by atomic mass is 10.00. The van der Waals surface area contributed by atoms with Crippen LogP contribution < -0.4 is 5.32 Å². The van der Waals surface area contributed by atoms with Crippen molar-refractivity contribution in [3.05, 3.63) is 35.9 Å². The third-order valence-electron chi connectivity index (χ3n) is 4.98. The maximum atomic E-state index is 10.5. The van der Waals surface area contributed by atoms with Crippen LogP contribution in [0, 0.1) is 5.92 Å². The molecular formula is C21H36N2O2. The highest BCUT2D eigenvalue weighted by molar-refractivity contribution is 5.75. The van der Waals surface area contributed by atoms with E-state index in [9.17, 15) is 4.79 Å². The number of carboxylic acids is 1. The lowest BCUT2D eigenvalue weighted by Crippen LogP contribution is -2.28. The molecule has 1 aromatic carbocycles. The quantitative estimate of drug-likeness (QED) is 0.849. The molecule has 0 aliphatic carbocycles. The highest BCUT2D eigenvalue weighted by Gasteiger charge is 2.12. The van der Waals surface area contributed by atoms with Gasteiger partial charge in [0.15, 0.2) is 0 Å². The van der Waals surface area contributed by atoms with Crippen molar-refractivity contribution in [2.24, 2.45) is 5.92 Å². The zero-order valence-electron chi connectivity index (χ0n) is 16.4. The van der Waals surface area contributed by atoms with Gasteiger partial charge in [0.05, 0.1) is 5.92 Å². The summed E-state index contributed by atoms with van der Waals surface area (Å²) >= 11 is 0. The summed E-state index contributed by atoms with van der Waals surface area (Å²) in [5, 5.41) is 12.0. The smallest absolute Gasteiger partial charge is 0.310 e. The van der Waals surface area contributed by atoms with Crippen LogP contribution in [0.5, 0.6) is 0 Å². The molecule has 0 aromatic heterocycles. The number of rotatable bonds is 2. The number of hydrogen-bond donors (Lipinski definition) is 2. The van der Waals surface area contributed by atoms with Crippen LogP contribution in [0.3, 0.4) is 0 Å². The Bertz CT molecular complexity index is 454. The van der Waals surface area contributed by atoms with Gasteiger partial charge in [-0.25, -0.2) is 0 Å². The van der Waals surface area contributed by atoms with E-state index in [4.69, 9.17) is 5.11 Å². The van der Waals surface area contributed by atoms with Gasteiger partial charge in [0, 0.05) is 6.04 Å². The van der Waals surface area contributed by atoms with Gasteiger partial charge in [-0.05, 0) is 77.7 Å². The molecule has 0 amide bonds. The third kappa shape index (κ3) is 9.61. The molecule has 4 nitrogen and oxygen atoms in total. The topological polar surface area (TPSA) is 52.6 Å². The minimum atomic E-state index is -0.781. The molecule has 3 rings (SSSR count). The first kappa shape index (κ1) is 21.7. The Hall–Kier alpha value is -1.39. The summed E-state index contributed by atoms with van der Waals surface area (Å²) < 4.78 is 0. The molecule has 25 heavy (non-hydrogen) atoms. The number of carbonyl (C=O) groups is 1. The predicted octanol–water partition coefficient (Wildman–Crippen LogP) is 3.98. The van der Waals surface area contributed by atoms with E-state index >= 15 is 0 Å². The van der Waals surface area contributed by atoms with Crippen molar-refractivity contribution in [3.8, 4) is 0 Å². The molecule has 2 heterocycles. The number of hydrogen-bond acceptors (Lipinski definition) is 3. The molecule has 142 valence electrons. The van der Waals surface area contributed by atoms with Gasteiger partial charge in [-0.1, -0.05) is 37.3 Å². The van der Waals surface area contributed by atoms with E-state index in [1.54, 1.807) is 6.92 Å². The van der Waals surface area contributed by atoms with E-state index in [1.165, 1.54) is 45.3 Å². The Morgan fingerprint density at radius 1 is 1.16 bits per heavy atom. The number of aliphatic carboxylic acids is 1. The standard InChI is InChI=1S/C9H10O2.C7H15N.C5H11N/c1-7(9(10)11)8-5-3-2-4-6-8;1-7-3-5-8(2)6-4-7;1-5-3-2-4-6-5/h2-7H,1H3,(H,10,11);7H,3-6H2,1-2H3;5-6H,2-4H2,1H3/t;;5-/m..1/s1. The normalized spacial score (nSPS) is 22.2. The monoisotopic (exact) mass is 348 g/mol. The second-order valence-electron chi connectivity index (χ2n) is 7.45. The Morgan fingerprint density at radius 2 is 1.76 bits per heavy atom. The van der Waals surface area contributed by atoms with Crippen LogP contribution in [0.1, 0.15) is 57.9 Å². The molecule has 1 unspecified atom stereocenters. The van der Waals surface area contributed by atoms with Crippen LogP contribution in [0.2, 0.25) is 0 Å². The van der Waals surface area contributed by atoms with Gasteiger partial charge >= 0.3 is 5.97 Å². The van der Waals surface area contributed by atoms with Crippen molar-refractivity contribution in [1.82, 2.24) is 10.2 Å². The van der Waals surface area contributed by atoms with Crippen LogP contribution >= 0.6 is 0 Å². The van der Waals surface area contributed by atoms with Crippen molar-refractivity contribution in [3.63, 3.8) is 0 Å². The van der Waals surface area contributed by atoms with Crippen molar-refractivity contribution in [1.29, 1.82) is 0 Å². The molecular weight excluding hydrogens is 312 g/mol. The zero-order valence-corrected chi connectivity index (χ0v) is 16.4. The molecule has 2 saturated heterocycles. The first-order valence-corrected chi connectivity index (χ1v) is 9.59. The molecule has 2 aliphatic heterocycles. The van der Waals surface area contributed by atoms with Crippen molar-refractivity contribution >= 4 is 5.97 Å². The lowest BCUT2D eigenvalue weighted by Gasteiger charge is -2.26. The van der Waals surface area contributed by atoms with Crippen molar-refractivity contribution in [2.45, 2.75) is 58.4 Å². The first-order valence-electron chi connectivity index (χ1n) is 9.59.